The predicted octanol–water partition coefficient (Wildman–Crippen LogP) is 3.27. The van der Waals surface area contributed by atoms with E-state index < -0.39 is 0 Å². The van der Waals surface area contributed by atoms with Crippen molar-refractivity contribution < 1.29 is 4.74 Å². The van der Waals surface area contributed by atoms with Crippen LogP contribution in [-0.2, 0) is 13.0 Å². The van der Waals surface area contributed by atoms with Crippen molar-refractivity contribution in [3.63, 3.8) is 0 Å². The summed E-state index contributed by atoms with van der Waals surface area (Å²) in [4.78, 5) is 9.09. The van der Waals surface area contributed by atoms with Crippen LogP contribution in [0.25, 0.3) is 11.0 Å². The minimum absolute atomic E-state index is 0.536. The zero-order valence-electron chi connectivity index (χ0n) is 11.8. The molecule has 0 radical (unpaired) electrons. The number of hydrogen-bond donors (Lipinski definition) is 0. The van der Waals surface area contributed by atoms with Crippen LogP contribution < -0.4 is 4.74 Å². The van der Waals surface area contributed by atoms with Gasteiger partial charge >= 0.3 is 0 Å². The standard InChI is InChI=1S/C16H16ClN3O/c1-21-14-7-4-6-13-16(14)19-15(8-9-17)20(13)11-12-5-2-3-10-18-12/h2-7,10H,8-9,11H2,1H3. The number of alkyl halides is 1. The van der Waals surface area contributed by atoms with E-state index in [9.17, 15) is 0 Å². The number of pyridine rings is 1. The van der Waals surface area contributed by atoms with E-state index >= 15 is 0 Å². The zero-order chi connectivity index (χ0) is 14.7. The molecule has 108 valence electrons. The number of fused-ring (bicyclic) bond motifs is 1. The molecule has 0 atom stereocenters. The lowest BCUT2D eigenvalue weighted by molar-refractivity contribution is 0.419. The van der Waals surface area contributed by atoms with Gasteiger partial charge in [-0.3, -0.25) is 4.98 Å². The highest BCUT2D eigenvalue weighted by Crippen LogP contribution is 2.26. The van der Waals surface area contributed by atoms with Crippen molar-refractivity contribution in [2.45, 2.75) is 13.0 Å². The molecule has 0 aliphatic heterocycles. The Morgan fingerprint density at radius 1 is 1.19 bits per heavy atom. The van der Waals surface area contributed by atoms with Gasteiger partial charge in [-0.1, -0.05) is 12.1 Å². The molecule has 0 unspecified atom stereocenters. The highest BCUT2D eigenvalue weighted by Gasteiger charge is 2.14. The average Bonchev–Trinajstić information content (AvgIpc) is 2.87. The quantitative estimate of drug-likeness (QED) is 0.679. The first kappa shape index (κ1) is 13.9. The Bertz CT molecular complexity index is 740. The number of aromatic nitrogens is 3. The van der Waals surface area contributed by atoms with Crippen LogP contribution >= 0.6 is 11.6 Å². The van der Waals surface area contributed by atoms with Gasteiger partial charge in [-0.25, -0.2) is 4.98 Å². The lowest BCUT2D eigenvalue weighted by Crippen LogP contribution is -2.07. The maximum absolute atomic E-state index is 5.91. The molecule has 4 nitrogen and oxygen atoms in total. The van der Waals surface area contributed by atoms with E-state index in [1.807, 2.05) is 36.4 Å². The van der Waals surface area contributed by atoms with Crippen LogP contribution in [0.1, 0.15) is 11.5 Å². The summed E-state index contributed by atoms with van der Waals surface area (Å²) in [5.74, 6) is 2.27. The second-order valence-electron chi connectivity index (χ2n) is 4.70. The molecule has 3 aromatic rings. The third-order valence-electron chi connectivity index (χ3n) is 3.41. The van der Waals surface area contributed by atoms with Crippen LogP contribution in [0.4, 0.5) is 0 Å². The van der Waals surface area contributed by atoms with Crippen LogP contribution in [0.2, 0.25) is 0 Å². The van der Waals surface area contributed by atoms with Gasteiger partial charge in [0.25, 0.3) is 0 Å². The molecule has 0 aliphatic rings. The highest BCUT2D eigenvalue weighted by molar-refractivity contribution is 6.17. The number of nitrogens with zero attached hydrogens (tertiary/aromatic N) is 3. The van der Waals surface area contributed by atoms with Gasteiger partial charge in [0.15, 0.2) is 0 Å². The molecule has 2 aromatic heterocycles. The van der Waals surface area contributed by atoms with Crippen molar-refractivity contribution >= 4 is 22.6 Å². The smallest absolute Gasteiger partial charge is 0.146 e. The predicted molar refractivity (Wildman–Crippen MR) is 84.0 cm³/mol. The fourth-order valence-corrected chi connectivity index (χ4v) is 2.61. The van der Waals surface area contributed by atoms with Crippen molar-refractivity contribution in [3.05, 3.63) is 54.1 Å². The first-order valence-corrected chi connectivity index (χ1v) is 7.35. The Kier molecular flexibility index (Phi) is 4.06. The van der Waals surface area contributed by atoms with Gasteiger partial charge < -0.3 is 9.30 Å². The number of imidazole rings is 1. The highest BCUT2D eigenvalue weighted by atomic mass is 35.5. The molecular formula is C16H16ClN3O. The lowest BCUT2D eigenvalue weighted by Gasteiger charge is -2.08. The molecule has 0 saturated heterocycles. The maximum Gasteiger partial charge on any atom is 0.146 e. The fraction of sp³-hybridized carbons (Fsp3) is 0.250. The van der Waals surface area contributed by atoms with E-state index in [1.165, 1.54) is 0 Å². The van der Waals surface area contributed by atoms with Gasteiger partial charge in [-0.05, 0) is 24.3 Å². The van der Waals surface area contributed by atoms with Gasteiger partial charge in [0.1, 0.15) is 17.1 Å². The number of halogens is 1. The third-order valence-corrected chi connectivity index (χ3v) is 3.59. The van der Waals surface area contributed by atoms with E-state index in [4.69, 9.17) is 21.3 Å². The first-order valence-electron chi connectivity index (χ1n) is 6.81. The Hall–Kier alpha value is -2.07. The first-order chi connectivity index (χ1) is 10.3. The van der Waals surface area contributed by atoms with Crippen LogP contribution in [0.5, 0.6) is 5.75 Å². The SMILES string of the molecule is COc1cccc2c1nc(CCCl)n2Cc1ccccn1. The molecule has 0 amide bonds. The molecule has 3 rings (SSSR count). The average molecular weight is 302 g/mol. The zero-order valence-corrected chi connectivity index (χ0v) is 12.5. The Balaban J connectivity index is 2.12. The molecule has 2 heterocycles. The van der Waals surface area contributed by atoms with E-state index in [1.54, 1.807) is 13.3 Å². The summed E-state index contributed by atoms with van der Waals surface area (Å²) in [6, 6.07) is 11.9. The molecule has 0 fully saturated rings. The van der Waals surface area contributed by atoms with E-state index in [0.29, 0.717) is 18.8 Å². The summed E-state index contributed by atoms with van der Waals surface area (Å²) in [5, 5.41) is 0. The van der Waals surface area contributed by atoms with Gasteiger partial charge in [-0.15, -0.1) is 11.6 Å². The van der Waals surface area contributed by atoms with Crippen LogP contribution in [-0.4, -0.2) is 27.5 Å². The number of para-hydroxylation sites is 1. The van der Waals surface area contributed by atoms with Gasteiger partial charge in [-0.2, -0.15) is 0 Å². The van der Waals surface area contributed by atoms with Crippen molar-refractivity contribution in [2.75, 3.05) is 13.0 Å². The Morgan fingerprint density at radius 2 is 2.10 bits per heavy atom. The van der Waals surface area contributed by atoms with Crippen molar-refractivity contribution in [1.82, 2.24) is 14.5 Å². The molecule has 1 aromatic carbocycles. The normalized spacial score (nSPS) is 11.0. The number of rotatable bonds is 5. The summed E-state index contributed by atoms with van der Waals surface area (Å²) in [5.41, 5.74) is 2.91. The number of aryl methyl sites for hydroxylation is 1. The molecule has 21 heavy (non-hydrogen) atoms. The van der Waals surface area contributed by atoms with Crippen LogP contribution in [0, 0.1) is 0 Å². The topological polar surface area (TPSA) is 39.9 Å². The van der Waals surface area contributed by atoms with Crippen molar-refractivity contribution in [1.29, 1.82) is 0 Å². The Morgan fingerprint density at radius 3 is 2.81 bits per heavy atom. The van der Waals surface area contributed by atoms with E-state index in [2.05, 4.69) is 9.55 Å². The second kappa shape index (κ2) is 6.14. The molecular weight excluding hydrogens is 286 g/mol. The number of benzene rings is 1. The van der Waals surface area contributed by atoms with Crippen LogP contribution in [0.3, 0.4) is 0 Å². The third kappa shape index (κ3) is 2.72. The molecule has 0 aliphatic carbocycles. The number of methoxy groups -OCH3 is 1. The largest absolute Gasteiger partial charge is 0.494 e. The van der Waals surface area contributed by atoms with Crippen LogP contribution in [0.15, 0.2) is 42.6 Å². The summed E-state index contributed by atoms with van der Waals surface area (Å²) in [6.07, 6.45) is 2.52. The number of hydrogen-bond acceptors (Lipinski definition) is 3. The van der Waals surface area contributed by atoms with E-state index in [-0.39, 0.29) is 0 Å². The Labute approximate surface area is 128 Å². The maximum atomic E-state index is 5.91. The number of ether oxygens (including phenoxy) is 1. The van der Waals surface area contributed by atoms with Crippen molar-refractivity contribution in [2.24, 2.45) is 0 Å². The fourth-order valence-electron chi connectivity index (χ4n) is 2.44. The van der Waals surface area contributed by atoms with Gasteiger partial charge in [0.2, 0.25) is 0 Å². The summed E-state index contributed by atoms with van der Waals surface area (Å²) < 4.78 is 7.56. The second-order valence-corrected chi connectivity index (χ2v) is 5.08. The van der Waals surface area contributed by atoms with Gasteiger partial charge in [0.05, 0.1) is 24.9 Å². The van der Waals surface area contributed by atoms with E-state index in [0.717, 1.165) is 28.3 Å². The summed E-state index contributed by atoms with van der Waals surface area (Å²) >= 11 is 5.91. The lowest BCUT2D eigenvalue weighted by atomic mass is 10.3. The molecule has 0 bridgehead atoms. The van der Waals surface area contributed by atoms with Gasteiger partial charge in [0, 0.05) is 18.5 Å². The molecule has 5 heteroatoms. The minimum Gasteiger partial charge on any atom is -0.494 e. The minimum atomic E-state index is 0.536. The van der Waals surface area contributed by atoms with Crippen molar-refractivity contribution in [3.8, 4) is 5.75 Å². The monoisotopic (exact) mass is 301 g/mol. The molecule has 0 saturated carbocycles. The summed E-state index contributed by atoms with van der Waals surface area (Å²) in [7, 11) is 1.66. The molecule has 0 spiro atoms. The summed E-state index contributed by atoms with van der Waals surface area (Å²) in [6.45, 7) is 0.677. The molecule has 0 N–H and O–H groups in total.